The second kappa shape index (κ2) is 6.36. The molecule has 128 valence electrons. The van der Waals surface area contributed by atoms with E-state index >= 15 is 0 Å². The standard InChI is InChI=1S/C18H23N3O3/c1-18(2,3)10-15-19-16(20-24-15)12-5-4-6-13(9-12)17(23)21-8-7-14(22)11-21/h4-6,9,14,22H,7-8,10-11H2,1-3H3/t14-/m1/s1. The second-order valence-corrected chi connectivity index (χ2v) is 7.52. The third-order valence-corrected chi connectivity index (χ3v) is 3.97. The zero-order chi connectivity index (χ0) is 17.3. The summed E-state index contributed by atoms with van der Waals surface area (Å²) in [4.78, 5) is 18.6. The lowest BCUT2D eigenvalue weighted by Crippen LogP contribution is -2.29. The van der Waals surface area contributed by atoms with E-state index < -0.39 is 6.10 Å². The van der Waals surface area contributed by atoms with Gasteiger partial charge in [0.1, 0.15) is 0 Å². The van der Waals surface area contributed by atoms with Gasteiger partial charge in [-0.15, -0.1) is 0 Å². The van der Waals surface area contributed by atoms with Gasteiger partial charge in [0.15, 0.2) is 0 Å². The molecule has 1 saturated heterocycles. The van der Waals surface area contributed by atoms with Crippen molar-refractivity contribution >= 4 is 5.91 Å². The number of aromatic nitrogens is 2. The smallest absolute Gasteiger partial charge is 0.253 e. The Kier molecular flexibility index (Phi) is 4.41. The molecule has 1 aliphatic rings. The van der Waals surface area contributed by atoms with Crippen LogP contribution in [0.2, 0.25) is 0 Å². The molecule has 6 nitrogen and oxygen atoms in total. The third-order valence-electron chi connectivity index (χ3n) is 3.97. The molecule has 1 fully saturated rings. The van der Waals surface area contributed by atoms with Crippen LogP contribution in [0.4, 0.5) is 0 Å². The summed E-state index contributed by atoms with van der Waals surface area (Å²) in [5.74, 6) is 1.01. The summed E-state index contributed by atoms with van der Waals surface area (Å²) in [6, 6.07) is 7.22. The number of likely N-dealkylation sites (tertiary alicyclic amines) is 1. The molecule has 1 aromatic carbocycles. The van der Waals surface area contributed by atoms with Crippen molar-refractivity contribution in [2.75, 3.05) is 13.1 Å². The van der Waals surface area contributed by atoms with E-state index in [0.717, 1.165) is 5.56 Å². The minimum atomic E-state index is -0.422. The number of aliphatic hydroxyl groups is 1. The first-order valence-corrected chi connectivity index (χ1v) is 8.22. The number of aliphatic hydroxyl groups excluding tert-OH is 1. The lowest BCUT2D eigenvalue weighted by atomic mass is 9.92. The first kappa shape index (κ1) is 16.6. The number of rotatable bonds is 3. The SMILES string of the molecule is CC(C)(C)Cc1nc(-c2cccc(C(=O)N3CC[C@@H](O)C3)c2)no1. The molecular weight excluding hydrogens is 306 g/mol. The Morgan fingerprint density at radius 3 is 2.88 bits per heavy atom. The summed E-state index contributed by atoms with van der Waals surface area (Å²) in [6.45, 7) is 7.31. The predicted molar refractivity (Wildman–Crippen MR) is 89.4 cm³/mol. The van der Waals surface area contributed by atoms with Gasteiger partial charge < -0.3 is 14.5 Å². The highest BCUT2D eigenvalue weighted by Gasteiger charge is 2.25. The minimum absolute atomic E-state index is 0.0677. The second-order valence-electron chi connectivity index (χ2n) is 7.52. The molecule has 1 amide bonds. The Morgan fingerprint density at radius 1 is 1.42 bits per heavy atom. The zero-order valence-electron chi connectivity index (χ0n) is 14.3. The predicted octanol–water partition coefficient (Wildman–Crippen LogP) is 2.53. The van der Waals surface area contributed by atoms with E-state index in [0.29, 0.717) is 43.2 Å². The maximum absolute atomic E-state index is 12.5. The number of benzene rings is 1. The van der Waals surface area contributed by atoms with E-state index in [4.69, 9.17) is 4.52 Å². The lowest BCUT2D eigenvalue weighted by Gasteiger charge is -2.15. The van der Waals surface area contributed by atoms with E-state index in [9.17, 15) is 9.90 Å². The topological polar surface area (TPSA) is 79.5 Å². The molecule has 2 aromatic rings. The number of nitrogens with zero attached hydrogens (tertiary/aromatic N) is 3. The van der Waals surface area contributed by atoms with Crippen molar-refractivity contribution < 1.29 is 14.4 Å². The van der Waals surface area contributed by atoms with Gasteiger partial charge in [0.05, 0.1) is 6.10 Å². The molecule has 1 N–H and O–H groups in total. The average Bonchev–Trinajstić information content (AvgIpc) is 3.14. The largest absolute Gasteiger partial charge is 0.391 e. The molecule has 2 heterocycles. The van der Waals surface area contributed by atoms with Gasteiger partial charge in [-0.3, -0.25) is 4.79 Å². The molecular formula is C18H23N3O3. The molecule has 0 spiro atoms. The molecule has 0 saturated carbocycles. The molecule has 24 heavy (non-hydrogen) atoms. The Balaban J connectivity index is 1.79. The molecule has 0 aliphatic carbocycles. The van der Waals surface area contributed by atoms with E-state index in [1.165, 1.54) is 0 Å². The fourth-order valence-corrected chi connectivity index (χ4v) is 2.80. The van der Waals surface area contributed by atoms with Gasteiger partial charge in [0.2, 0.25) is 11.7 Å². The third kappa shape index (κ3) is 3.82. The van der Waals surface area contributed by atoms with Gasteiger partial charge in [-0.1, -0.05) is 38.1 Å². The first-order valence-electron chi connectivity index (χ1n) is 8.22. The van der Waals surface area contributed by atoms with Crippen LogP contribution in [-0.2, 0) is 6.42 Å². The summed E-state index contributed by atoms with van der Waals surface area (Å²) in [7, 11) is 0. The normalized spacial score (nSPS) is 18.2. The van der Waals surface area contributed by atoms with E-state index in [1.807, 2.05) is 12.1 Å². The number of hydrogen-bond donors (Lipinski definition) is 1. The van der Waals surface area contributed by atoms with Gasteiger partial charge >= 0.3 is 0 Å². The first-order chi connectivity index (χ1) is 11.3. The quantitative estimate of drug-likeness (QED) is 0.936. The molecule has 1 aromatic heterocycles. The monoisotopic (exact) mass is 329 g/mol. The van der Waals surface area contributed by atoms with Gasteiger partial charge in [-0.05, 0) is 24.0 Å². The van der Waals surface area contributed by atoms with Gasteiger partial charge in [0.25, 0.3) is 5.91 Å². The number of carbonyl (C=O) groups is 1. The Morgan fingerprint density at radius 2 is 2.21 bits per heavy atom. The van der Waals surface area contributed by atoms with Crippen molar-refractivity contribution in [2.45, 2.75) is 39.7 Å². The summed E-state index contributed by atoms with van der Waals surface area (Å²) in [5.41, 5.74) is 1.39. The highest BCUT2D eigenvalue weighted by Crippen LogP contribution is 2.23. The molecule has 3 rings (SSSR count). The van der Waals surface area contributed by atoms with Crippen LogP contribution in [0.5, 0.6) is 0 Å². The Labute approximate surface area is 141 Å². The van der Waals surface area contributed by atoms with Crippen LogP contribution in [0, 0.1) is 5.41 Å². The maximum Gasteiger partial charge on any atom is 0.253 e. The highest BCUT2D eigenvalue weighted by atomic mass is 16.5. The maximum atomic E-state index is 12.5. The Bertz CT molecular complexity index is 733. The molecule has 6 heteroatoms. The van der Waals surface area contributed by atoms with Crippen LogP contribution >= 0.6 is 0 Å². The molecule has 1 aliphatic heterocycles. The van der Waals surface area contributed by atoms with Crippen LogP contribution in [0.3, 0.4) is 0 Å². The van der Waals surface area contributed by atoms with Gasteiger partial charge in [-0.25, -0.2) is 0 Å². The van der Waals surface area contributed by atoms with Crippen molar-refractivity contribution in [3.8, 4) is 11.4 Å². The van der Waals surface area contributed by atoms with Gasteiger partial charge in [-0.2, -0.15) is 4.98 Å². The fourth-order valence-electron chi connectivity index (χ4n) is 2.80. The summed E-state index contributed by atoms with van der Waals surface area (Å²) >= 11 is 0. The van der Waals surface area contributed by atoms with E-state index in [1.54, 1.807) is 17.0 Å². The van der Waals surface area contributed by atoms with Crippen molar-refractivity contribution in [3.05, 3.63) is 35.7 Å². The number of amides is 1. The Hall–Kier alpha value is -2.21. The van der Waals surface area contributed by atoms with Crippen LogP contribution < -0.4 is 0 Å². The summed E-state index contributed by atoms with van der Waals surface area (Å²) in [5, 5.41) is 13.6. The zero-order valence-corrected chi connectivity index (χ0v) is 14.3. The molecule has 1 atom stereocenters. The van der Waals surface area contributed by atoms with Crippen molar-refractivity contribution in [1.82, 2.24) is 15.0 Å². The molecule has 0 radical (unpaired) electrons. The molecule has 0 bridgehead atoms. The summed E-state index contributed by atoms with van der Waals surface area (Å²) < 4.78 is 5.32. The van der Waals surface area contributed by atoms with E-state index in [-0.39, 0.29) is 11.3 Å². The van der Waals surface area contributed by atoms with Crippen molar-refractivity contribution in [1.29, 1.82) is 0 Å². The molecule has 0 unspecified atom stereocenters. The van der Waals surface area contributed by atoms with E-state index in [2.05, 4.69) is 30.9 Å². The van der Waals surface area contributed by atoms with Crippen LogP contribution in [0.25, 0.3) is 11.4 Å². The number of carbonyl (C=O) groups excluding carboxylic acids is 1. The van der Waals surface area contributed by atoms with Crippen LogP contribution in [-0.4, -0.2) is 45.2 Å². The lowest BCUT2D eigenvalue weighted by molar-refractivity contribution is 0.0765. The van der Waals surface area contributed by atoms with Crippen molar-refractivity contribution in [2.24, 2.45) is 5.41 Å². The fraction of sp³-hybridized carbons (Fsp3) is 0.500. The van der Waals surface area contributed by atoms with Crippen molar-refractivity contribution in [3.63, 3.8) is 0 Å². The van der Waals surface area contributed by atoms with Crippen LogP contribution in [0.1, 0.15) is 43.4 Å². The van der Waals surface area contributed by atoms with Crippen LogP contribution in [0.15, 0.2) is 28.8 Å². The number of β-amino-alcohol motifs (C(OH)–C–C–N with tert-alkyl or cyclic N) is 1. The minimum Gasteiger partial charge on any atom is -0.391 e. The highest BCUT2D eigenvalue weighted by molar-refractivity contribution is 5.95. The van der Waals surface area contributed by atoms with Gasteiger partial charge in [0, 0.05) is 30.6 Å². The summed E-state index contributed by atoms with van der Waals surface area (Å²) in [6.07, 6.45) is 0.908. The average molecular weight is 329 g/mol. The number of hydrogen-bond acceptors (Lipinski definition) is 5.